The van der Waals surface area contributed by atoms with Crippen molar-refractivity contribution in [2.24, 2.45) is 5.73 Å². The van der Waals surface area contributed by atoms with Gasteiger partial charge in [0.2, 0.25) is 5.88 Å². The number of ether oxygens (including phenoxy) is 1. The van der Waals surface area contributed by atoms with Gasteiger partial charge in [0, 0.05) is 5.02 Å². The van der Waals surface area contributed by atoms with Crippen molar-refractivity contribution >= 4 is 17.4 Å². The van der Waals surface area contributed by atoms with E-state index in [0.717, 1.165) is 0 Å². The molecule has 2 rings (SSSR count). The van der Waals surface area contributed by atoms with Crippen LogP contribution in [0.2, 0.25) is 5.02 Å². The van der Waals surface area contributed by atoms with Crippen molar-refractivity contribution in [3.05, 3.63) is 47.4 Å². The third kappa shape index (κ3) is 2.92. The Morgan fingerprint density at radius 1 is 1.18 bits per heavy atom. The number of nitrogen functional groups attached to an aromatic ring is 1. The first-order valence-electron chi connectivity index (χ1n) is 4.75. The molecule has 0 unspecified atom stereocenters. The van der Waals surface area contributed by atoms with Gasteiger partial charge in [-0.25, -0.2) is 9.97 Å². The van der Waals surface area contributed by atoms with Crippen LogP contribution in [-0.4, -0.2) is 15.8 Å². The Balaban J connectivity index is 2.13. The van der Waals surface area contributed by atoms with Gasteiger partial charge < -0.3 is 10.5 Å². The first-order chi connectivity index (χ1) is 8.15. The molecule has 1 heterocycles. The zero-order chi connectivity index (χ0) is 12.3. The van der Waals surface area contributed by atoms with E-state index in [-0.39, 0.29) is 5.84 Å². The van der Waals surface area contributed by atoms with E-state index in [9.17, 15) is 0 Å². The highest BCUT2D eigenvalue weighted by molar-refractivity contribution is 6.30. The predicted octanol–water partition coefficient (Wildman–Crippen LogP) is 2.21. The highest BCUT2D eigenvalue weighted by atomic mass is 35.5. The Bertz CT molecular complexity index is 524. The van der Waals surface area contributed by atoms with Crippen molar-refractivity contribution in [1.29, 1.82) is 5.41 Å². The summed E-state index contributed by atoms with van der Waals surface area (Å²) in [4.78, 5) is 7.91. The van der Waals surface area contributed by atoms with E-state index in [1.807, 2.05) is 0 Å². The lowest BCUT2D eigenvalue weighted by atomic mass is 10.3. The minimum absolute atomic E-state index is 0.129. The first-order valence-corrected chi connectivity index (χ1v) is 5.13. The topological polar surface area (TPSA) is 84.9 Å². The van der Waals surface area contributed by atoms with Gasteiger partial charge in [0.15, 0.2) is 0 Å². The molecule has 17 heavy (non-hydrogen) atoms. The lowest BCUT2D eigenvalue weighted by molar-refractivity contribution is 0.460. The van der Waals surface area contributed by atoms with Crippen molar-refractivity contribution < 1.29 is 4.74 Å². The summed E-state index contributed by atoms with van der Waals surface area (Å²) in [6.45, 7) is 0. The molecule has 0 aliphatic carbocycles. The number of hydrogen-bond donors (Lipinski definition) is 2. The largest absolute Gasteiger partial charge is 0.438 e. The minimum Gasteiger partial charge on any atom is -0.438 e. The van der Waals surface area contributed by atoms with E-state index < -0.39 is 0 Å². The molecule has 1 aromatic heterocycles. The van der Waals surface area contributed by atoms with Crippen molar-refractivity contribution in [3.63, 3.8) is 0 Å². The van der Waals surface area contributed by atoms with Crippen LogP contribution in [0.25, 0.3) is 0 Å². The molecule has 0 atom stereocenters. The van der Waals surface area contributed by atoms with Crippen molar-refractivity contribution in [2.75, 3.05) is 0 Å². The summed E-state index contributed by atoms with van der Waals surface area (Å²) in [5, 5.41) is 7.80. The second kappa shape index (κ2) is 4.80. The lowest BCUT2D eigenvalue weighted by Crippen LogP contribution is -2.13. The quantitative estimate of drug-likeness (QED) is 0.644. The summed E-state index contributed by atoms with van der Waals surface area (Å²) < 4.78 is 5.42. The summed E-state index contributed by atoms with van der Waals surface area (Å²) in [6.07, 6.45) is 2.79. The van der Waals surface area contributed by atoms with Gasteiger partial charge in [0.1, 0.15) is 17.3 Å². The summed E-state index contributed by atoms with van der Waals surface area (Å²) >= 11 is 5.75. The maximum Gasteiger partial charge on any atom is 0.237 e. The van der Waals surface area contributed by atoms with Crippen molar-refractivity contribution in [1.82, 2.24) is 9.97 Å². The van der Waals surface area contributed by atoms with Gasteiger partial charge in [-0.3, -0.25) is 5.41 Å². The second-order valence-electron chi connectivity index (χ2n) is 3.21. The fourth-order valence-corrected chi connectivity index (χ4v) is 1.26. The fraction of sp³-hybridized carbons (Fsp3) is 0. The molecule has 0 aliphatic heterocycles. The zero-order valence-electron chi connectivity index (χ0n) is 8.72. The Morgan fingerprint density at radius 3 is 2.41 bits per heavy atom. The zero-order valence-corrected chi connectivity index (χ0v) is 9.48. The van der Waals surface area contributed by atoms with Crippen LogP contribution >= 0.6 is 11.6 Å². The number of benzene rings is 1. The molecule has 6 heteroatoms. The molecule has 86 valence electrons. The SMILES string of the molecule is N=C(N)c1cnc(Oc2ccc(Cl)cc2)cn1. The molecule has 0 spiro atoms. The van der Waals surface area contributed by atoms with Gasteiger partial charge in [0.05, 0.1) is 12.4 Å². The summed E-state index contributed by atoms with van der Waals surface area (Å²) in [7, 11) is 0. The number of aromatic nitrogens is 2. The number of rotatable bonds is 3. The van der Waals surface area contributed by atoms with E-state index in [4.69, 9.17) is 27.5 Å². The number of amidine groups is 1. The van der Waals surface area contributed by atoms with E-state index in [2.05, 4.69) is 9.97 Å². The minimum atomic E-state index is -0.129. The van der Waals surface area contributed by atoms with Crippen molar-refractivity contribution in [2.45, 2.75) is 0 Å². The molecule has 0 saturated carbocycles. The van der Waals surface area contributed by atoms with Crippen LogP contribution in [-0.2, 0) is 0 Å². The highest BCUT2D eigenvalue weighted by Crippen LogP contribution is 2.20. The average Bonchev–Trinajstić information content (AvgIpc) is 2.33. The molecular weight excluding hydrogens is 240 g/mol. The van der Waals surface area contributed by atoms with Crippen molar-refractivity contribution in [3.8, 4) is 11.6 Å². The molecule has 5 nitrogen and oxygen atoms in total. The summed E-state index contributed by atoms with van der Waals surface area (Å²) in [5.74, 6) is 0.812. The van der Waals surface area contributed by atoms with Gasteiger partial charge in [-0.1, -0.05) is 11.6 Å². The van der Waals surface area contributed by atoms with Crippen LogP contribution in [0, 0.1) is 5.41 Å². The molecule has 0 amide bonds. The average molecular weight is 249 g/mol. The smallest absolute Gasteiger partial charge is 0.237 e. The Morgan fingerprint density at radius 2 is 1.88 bits per heavy atom. The number of hydrogen-bond acceptors (Lipinski definition) is 4. The highest BCUT2D eigenvalue weighted by Gasteiger charge is 2.02. The van der Waals surface area contributed by atoms with Crippen LogP contribution in [0.1, 0.15) is 5.69 Å². The van der Waals surface area contributed by atoms with Crippen LogP contribution < -0.4 is 10.5 Å². The second-order valence-corrected chi connectivity index (χ2v) is 3.65. The Hall–Kier alpha value is -2.14. The third-order valence-corrected chi connectivity index (χ3v) is 2.19. The molecule has 2 aromatic rings. The number of halogens is 1. The Kier molecular flexibility index (Phi) is 3.20. The van der Waals surface area contributed by atoms with Gasteiger partial charge in [-0.05, 0) is 24.3 Å². The summed E-state index contributed by atoms with van der Waals surface area (Å²) in [5.41, 5.74) is 5.57. The number of nitrogens with zero attached hydrogens (tertiary/aromatic N) is 2. The molecule has 3 N–H and O–H groups in total. The lowest BCUT2D eigenvalue weighted by Gasteiger charge is -2.04. The van der Waals surface area contributed by atoms with E-state index in [0.29, 0.717) is 22.3 Å². The normalized spacial score (nSPS) is 9.94. The maximum atomic E-state index is 7.17. The first kappa shape index (κ1) is 11.3. The Labute approximate surface area is 103 Å². The van der Waals surface area contributed by atoms with Crippen LogP contribution in [0.4, 0.5) is 0 Å². The summed E-state index contributed by atoms with van der Waals surface area (Å²) in [6, 6.07) is 6.88. The fourth-order valence-electron chi connectivity index (χ4n) is 1.13. The molecule has 0 saturated heterocycles. The van der Waals surface area contributed by atoms with Gasteiger partial charge in [-0.15, -0.1) is 0 Å². The monoisotopic (exact) mass is 248 g/mol. The van der Waals surface area contributed by atoms with Gasteiger partial charge in [0.25, 0.3) is 0 Å². The maximum absolute atomic E-state index is 7.17. The number of nitrogens with one attached hydrogen (secondary N) is 1. The van der Waals surface area contributed by atoms with Crippen LogP contribution in [0.5, 0.6) is 11.6 Å². The van der Waals surface area contributed by atoms with E-state index in [1.54, 1.807) is 24.3 Å². The van der Waals surface area contributed by atoms with Gasteiger partial charge in [-0.2, -0.15) is 0 Å². The van der Waals surface area contributed by atoms with Gasteiger partial charge >= 0.3 is 0 Å². The van der Waals surface area contributed by atoms with Crippen LogP contribution in [0.15, 0.2) is 36.7 Å². The number of nitrogens with two attached hydrogens (primary N) is 1. The van der Waals surface area contributed by atoms with Crippen LogP contribution in [0.3, 0.4) is 0 Å². The van der Waals surface area contributed by atoms with E-state index in [1.165, 1.54) is 12.4 Å². The standard InChI is InChI=1S/C11H9ClN4O/c12-7-1-3-8(4-2-7)17-10-6-15-9(5-16-10)11(13)14/h1-6H,(H3,13,14). The molecule has 0 fully saturated rings. The third-order valence-electron chi connectivity index (χ3n) is 1.94. The molecular formula is C11H9ClN4O. The molecule has 0 bridgehead atoms. The predicted molar refractivity (Wildman–Crippen MR) is 64.6 cm³/mol. The molecule has 1 aromatic carbocycles. The molecule has 0 radical (unpaired) electrons. The van der Waals surface area contributed by atoms with E-state index >= 15 is 0 Å². The molecule has 0 aliphatic rings.